The topological polar surface area (TPSA) is 81.0 Å². The van der Waals surface area contributed by atoms with Gasteiger partial charge in [0.1, 0.15) is 11.5 Å². The summed E-state index contributed by atoms with van der Waals surface area (Å²) >= 11 is 0. The van der Waals surface area contributed by atoms with Crippen LogP contribution >= 0.6 is 0 Å². The second-order valence-electron chi connectivity index (χ2n) is 8.00. The van der Waals surface area contributed by atoms with Crippen LogP contribution in [-0.2, 0) is 16.1 Å². The summed E-state index contributed by atoms with van der Waals surface area (Å²) in [6.45, 7) is 4.27. The molecule has 2 amide bonds. The number of methoxy groups -OCH3 is 2. The Labute approximate surface area is 192 Å². The van der Waals surface area contributed by atoms with Crippen LogP contribution in [0.4, 0.5) is 5.69 Å². The molecule has 1 aliphatic rings. The van der Waals surface area contributed by atoms with Crippen LogP contribution < -0.4 is 14.8 Å². The zero-order valence-corrected chi connectivity index (χ0v) is 19.0. The lowest BCUT2D eigenvalue weighted by molar-refractivity contribution is -0.137. The Bertz CT molecular complexity index is 1190. The Morgan fingerprint density at radius 1 is 0.939 bits per heavy atom. The number of benzene rings is 2. The van der Waals surface area contributed by atoms with Crippen molar-refractivity contribution in [3.8, 4) is 11.5 Å². The molecule has 0 saturated carbocycles. The molecule has 4 rings (SSSR count). The lowest BCUT2D eigenvalue weighted by atomic mass is 10.0. The van der Waals surface area contributed by atoms with Gasteiger partial charge in [-0.15, -0.1) is 0 Å². The number of nitrogens with zero attached hydrogens (tertiary/aromatic N) is 1. The van der Waals surface area contributed by atoms with Gasteiger partial charge in [0.15, 0.2) is 11.5 Å². The summed E-state index contributed by atoms with van der Waals surface area (Å²) in [4.78, 5) is 28.0. The van der Waals surface area contributed by atoms with Crippen molar-refractivity contribution < 1.29 is 23.5 Å². The summed E-state index contributed by atoms with van der Waals surface area (Å²) in [5, 5.41) is 3.18. The first-order valence-electron chi connectivity index (χ1n) is 10.6. The van der Waals surface area contributed by atoms with Gasteiger partial charge in [0.05, 0.1) is 32.6 Å². The van der Waals surface area contributed by atoms with Crippen molar-refractivity contribution in [2.45, 2.75) is 26.3 Å². The van der Waals surface area contributed by atoms with E-state index in [0.717, 1.165) is 0 Å². The van der Waals surface area contributed by atoms with E-state index in [9.17, 15) is 9.59 Å². The summed E-state index contributed by atoms with van der Waals surface area (Å²) in [5.41, 5.74) is 2.92. The molecule has 0 radical (unpaired) electrons. The highest BCUT2D eigenvalue weighted by Crippen LogP contribution is 2.36. The second-order valence-corrected chi connectivity index (χ2v) is 8.00. The SMILES string of the molecule is COc1ccc(C2=C(Nc3ccc(C(C)C)cc3)C(=O)N(Cc3ccco3)C2=O)cc1OC. The number of anilines is 1. The lowest BCUT2D eigenvalue weighted by Crippen LogP contribution is -2.31. The lowest BCUT2D eigenvalue weighted by Gasteiger charge is -2.14. The molecule has 0 unspecified atom stereocenters. The van der Waals surface area contributed by atoms with Crippen LogP contribution in [-0.4, -0.2) is 30.9 Å². The van der Waals surface area contributed by atoms with Gasteiger partial charge in [-0.05, 0) is 53.4 Å². The number of amides is 2. The molecule has 33 heavy (non-hydrogen) atoms. The molecule has 2 aromatic carbocycles. The normalized spacial score (nSPS) is 13.8. The van der Waals surface area contributed by atoms with Crippen LogP contribution in [0.2, 0.25) is 0 Å². The van der Waals surface area contributed by atoms with E-state index < -0.39 is 11.8 Å². The van der Waals surface area contributed by atoms with Gasteiger partial charge >= 0.3 is 0 Å². The van der Waals surface area contributed by atoms with Crippen LogP contribution in [0.15, 0.2) is 71.0 Å². The van der Waals surface area contributed by atoms with E-state index in [1.54, 1.807) is 37.4 Å². The fourth-order valence-corrected chi connectivity index (χ4v) is 3.75. The third-order valence-corrected chi connectivity index (χ3v) is 5.58. The maximum absolute atomic E-state index is 13.4. The van der Waals surface area contributed by atoms with Crippen molar-refractivity contribution in [1.29, 1.82) is 0 Å². The highest BCUT2D eigenvalue weighted by atomic mass is 16.5. The largest absolute Gasteiger partial charge is 0.493 e. The van der Waals surface area contributed by atoms with Crippen LogP contribution in [0.1, 0.15) is 36.7 Å². The zero-order valence-electron chi connectivity index (χ0n) is 19.0. The highest BCUT2D eigenvalue weighted by Gasteiger charge is 2.40. The minimum Gasteiger partial charge on any atom is -0.493 e. The number of carbonyl (C=O) groups excluding carboxylic acids is 2. The van der Waals surface area contributed by atoms with Crippen molar-refractivity contribution in [1.82, 2.24) is 4.90 Å². The quantitative estimate of drug-likeness (QED) is 0.500. The minimum atomic E-state index is -0.422. The van der Waals surface area contributed by atoms with Crippen LogP contribution in [0.3, 0.4) is 0 Å². The van der Waals surface area contributed by atoms with Gasteiger partial charge in [-0.2, -0.15) is 0 Å². The number of furan rings is 1. The Kier molecular flexibility index (Phi) is 6.22. The molecule has 0 atom stereocenters. The van der Waals surface area contributed by atoms with Crippen LogP contribution in [0, 0.1) is 0 Å². The molecule has 7 nitrogen and oxygen atoms in total. The molecule has 0 saturated heterocycles. The van der Waals surface area contributed by atoms with Gasteiger partial charge in [0, 0.05) is 5.69 Å². The maximum atomic E-state index is 13.4. The first-order chi connectivity index (χ1) is 15.9. The fraction of sp³-hybridized carbons (Fsp3) is 0.231. The maximum Gasteiger partial charge on any atom is 0.278 e. The van der Waals surface area contributed by atoms with Gasteiger partial charge < -0.3 is 19.2 Å². The molecule has 170 valence electrons. The predicted octanol–water partition coefficient (Wildman–Crippen LogP) is 4.81. The zero-order chi connectivity index (χ0) is 23.5. The first kappa shape index (κ1) is 22.2. The number of hydrogen-bond donors (Lipinski definition) is 1. The third-order valence-electron chi connectivity index (χ3n) is 5.58. The van der Waals surface area contributed by atoms with Gasteiger partial charge in [-0.25, -0.2) is 0 Å². The summed E-state index contributed by atoms with van der Waals surface area (Å²) in [6, 6.07) is 16.4. The number of rotatable bonds is 8. The average molecular weight is 447 g/mol. The number of nitrogens with one attached hydrogen (secondary N) is 1. The van der Waals surface area contributed by atoms with E-state index in [2.05, 4.69) is 19.2 Å². The molecular formula is C26H26N2O5. The molecule has 2 heterocycles. The molecule has 7 heteroatoms. The molecule has 0 aliphatic carbocycles. The predicted molar refractivity (Wildman–Crippen MR) is 125 cm³/mol. The molecule has 0 fully saturated rings. The van der Waals surface area contributed by atoms with E-state index in [1.807, 2.05) is 24.3 Å². The van der Waals surface area contributed by atoms with Crippen molar-refractivity contribution in [3.63, 3.8) is 0 Å². The Hall–Kier alpha value is -4.00. The molecule has 3 aromatic rings. The van der Waals surface area contributed by atoms with E-state index in [0.29, 0.717) is 34.4 Å². The Morgan fingerprint density at radius 2 is 1.67 bits per heavy atom. The van der Waals surface area contributed by atoms with E-state index in [1.165, 1.54) is 23.8 Å². The first-order valence-corrected chi connectivity index (χ1v) is 10.6. The third kappa shape index (κ3) is 4.35. The smallest absolute Gasteiger partial charge is 0.278 e. The second kappa shape index (κ2) is 9.24. The Morgan fingerprint density at radius 3 is 2.27 bits per heavy atom. The van der Waals surface area contributed by atoms with Crippen molar-refractivity contribution in [2.24, 2.45) is 0 Å². The molecule has 1 N–H and O–H groups in total. The number of carbonyl (C=O) groups is 2. The van der Waals surface area contributed by atoms with Gasteiger partial charge in [-0.1, -0.05) is 32.0 Å². The van der Waals surface area contributed by atoms with E-state index >= 15 is 0 Å². The number of imide groups is 1. The van der Waals surface area contributed by atoms with Crippen LogP contribution in [0.5, 0.6) is 11.5 Å². The average Bonchev–Trinajstić information content (AvgIpc) is 3.42. The molecule has 0 spiro atoms. The number of hydrogen-bond acceptors (Lipinski definition) is 6. The summed E-state index contributed by atoms with van der Waals surface area (Å²) < 4.78 is 16.1. The van der Waals surface area contributed by atoms with Crippen molar-refractivity contribution in [2.75, 3.05) is 19.5 Å². The standard InChI is InChI=1S/C26H26N2O5/c1-16(2)17-7-10-19(11-8-17)27-24-23(18-9-12-21(31-3)22(14-18)32-4)25(29)28(26(24)30)15-20-6-5-13-33-20/h5-14,16,27H,15H2,1-4H3. The molecular weight excluding hydrogens is 420 g/mol. The summed E-state index contributed by atoms with van der Waals surface area (Å²) in [5.74, 6) is 1.07. The van der Waals surface area contributed by atoms with Gasteiger partial charge in [-0.3, -0.25) is 14.5 Å². The number of ether oxygens (including phenoxy) is 2. The van der Waals surface area contributed by atoms with Gasteiger partial charge in [0.25, 0.3) is 11.8 Å². The van der Waals surface area contributed by atoms with Crippen molar-refractivity contribution >= 4 is 23.1 Å². The minimum absolute atomic E-state index is 0.0406. The van der Waals surface area contributed by atoms with Crippen molar-refractivity contribution in [3.05, 3.63) is 83.4 Å². The van der Waals surface area contributed by atoms with E-state index in [4.69, 9.17) is 13.9 Å². The molecule has 1 aliphatic heterocycles. The monoisotopic (exact) mass is 446 g/mol. The molecule has 0 bridgehead atoms. The van der Waals surface area contributed by atoms with E-state index in [-0.39, 0.29) is 17.8 Å². The summed E-state index contributed by atoms with van der Waals surface area (Å²) in [7, 11) is 3.07. The van der Waals surface area contributed by atoms with Crippen LogP contribution in [0.25, 0.3) is 5.57 Å². The van der Waals surface area contributed by atoms with Gasteiger partial charge in [0.2, 0.25) is 0 Å². The Balaban J connectivity index is 1.76. The fourth-order valence-electron chi connectivity index (χ4n) is 3.75. The highest BCUT2D eigenvalue weighted by molar-refractivity contribution is 6.36. The molecule has 1 aromatic heterocycles. The summed E-state index contributed by atoms with van der Waals surface area (Å²) in [6.07, 6.45) is 1.51.